The number of amides is 1. The number of hydroxylamine groups is 1. The van der Waals surface area contributed by atoms with Crippen molar-refractivity contribution in [3.8, 4) is 0 Å². The lowest BCUT2D eigenvalue weighted by Gasteiger charge is -2.12. The third-order valence-electron chi connectivity index (χ3n) is 1.92. The van der Waals surface area contributed by atoms with Crippen LogP contribution in [0.3, 0.4) is 0 Å². The zero-order chi connectivity index (χ0) is 10.8. The van der Waals surface area contributed by atoms with E-state index in [2.05, 4.69) is 4.98 Å². The Hall–Kier alpha value is -1.46. The van der Waals surface area contributed by atoms with Crippen molar-refractivity contribution in [2.75, 3.05) is 12.2 Å². The predicted octanol–water partition coefficient (Wildman–Crippen LogP) is 2.21. The Morgan fingerprint density at radius 2 is 2.20 bits per heavy atom. The van der Waals surface area contributed by atoms with Gasteiger partial charge in [-0.2, -0.15) is 5.06 Å². The average molecular weight is 222 g/mol. The van der Waals surface area contributed by atoms with Crippen LogP contribution in [0, 0.1) is 0 Å². The first-order chi connectivity index (χ1) is 7.22. The van der Waals surface area contributed by atoms with Gasteiger partial charge in [-0.1, -0.05) is 23.5 Å². The summed E-state index contributed by atoms with van der Waals surface area (Å²) < 4.78 is 1.04. The third-order valence-corrected chi connectivity index (χ3v) is 2.93. The summed E-state index contributed by atoms with van der Waals surface area (Å²) in [6.45, 7) is 1.44. The molecule has 0 aliphatic carbocycles. The molecule has 5 heteroatoms. The molecule has 1 aromatic carbocycles. The van der Waals surface area contributed by atoms with E-state index in [1.54, 1.807) is 0 Å². The standard InChI is InChI=1S/C10H10N2O2S/c1-7(13)12(14-2)10-11-8-5-3-4-6-9(8)15-10/h3-6H,1-2H3. The zero-order valence-electron chi connectivity index (χ0n) is 8.43. The maximum absolute atomic E-state index is 11.2. The molecule has 4 nitrogen and oxygen atoms in total. The summed E-state index contributed by atoms with van der Waals surface area (Å²) in [6, 6.07) is 7.72. The van der Waals surface area contributed by atoms with Gasteiger partial charge in [-0.15, -0.1) is 0 Å². The Kier molecular flexibility index (Phi) is 2.66. The molecule has 2 aromatic rings. The van der Waals surface area contributed by atoms with Crippen molar-refractivity contribution < 1.29 is 9.63 Å². The molecule has 0 bridgehead atoms. The summed E-state index contributed by atoms with van der Waals surface area (Å²) in [6.07, 6.45) is 0. The minimum atomic E-state index is -0.184. The van der Waals surface area contributed by atoms with Crippen molar-refractivity contribution >= 4 is 32.6 Å². The first-order valence-corrected chi connectivity index (χ1v) is 5.24. The number of thiazole rings is 1. The van der Waals surface area contributed by atoms with Gasteiger partial charge in [0.05, 0.1) is 17.3 Å². The molecule has 0 atom stereocenters. The molecule has 0 aliphatic rings. The van der Waals surface area contributed by atoms with Crippen molar-refractivity contribution in [2.45, 2.75) is 6.92 Å². The van der Waals surface area contributed by atoms with E-state index >= 15 is 0 Å². The van der Waals surface area contributed by atoms with Crippen LogP contribution < -0.4 is 5.06 Å². The van der Waals surface area contributed by atoms with Crippen LogP contribution in [-0.2, 0) is 9.63 Å². The molecule has 0 unspecified atom stereocenters. The minimum Gasteiger partial charge on any atom is -0.272 e. The lowest BCUT2D eigenvalue weighted by molar-refractivity contribution is -0.122. The molecular formula is C10H10N2O2S. The highest BCUT2D eigenvalue weighted by molar-refractivity contribution is 7.22. The van der Waals surface area contributed by atoms with Crippen LogP contribution in [0.15, 0.2) is 24.3 Å². The summed E-state index contributed by atoms with van der Waals surface area (Å²) in [7, 11) is 1.45. The molecule has 0 aliphatic heterocycles. The van der Waals surface area contributed by atoms with Crippen molar-refractivity contribution in [1.82, 2.24) is 4.98 Å². The predicted molar refractivity (Wildman–Crippen MR) is 59.8 cm³/mol. The number of aromatic nitrogens is 1. The third kappa shape index (κ3) is 1.84. The molecule has 78 valence electrons. The van der Waals surface area contributed by atoms with Gasteiger partial charge in [-0.25, -0.2) is 4.98 Å². The van der Waals surface area contributed by atoms with E-state index in [-0.39, 0.29) is 5.91 Å². The molecule has 15 heavy (non-hydrogen) atoms. The second-order valence-corrected chi connectivity index (χ2v) is 3.97. The first kappa shape index (κ1) is 10.1. The first-order valence-electron chi connectivity index (χ1n) is 4.42. The van der Waals surface area contributed by atoms with Gasteiger partial charge in [0.2, 0.25) is 11.0 Å². The fourth-order valence-electron chi connectivity index (χ4n) is 1.29. The Labute approximate surface area is 91.1 Å². The van der Waals surface area contributed by atoms with Crippen LogP contribution >= 0.6 is 11.3 Å². The summed E-state index contributed by atoms with van der Waals surface area (Å²) in [5, 5.41) is 1.75. The molecule has 0 N–H and O–H groups in total. The van der Waals surface area contributed by atoms with Crippen molar-refractivity contribution in [3.63, 3.8) is 0 Å². The molecule has 0 saturated heterocycles. The molecule has 1 aromatic heterocycles. The number of hydrogen-bond acceptors (Lipinski definition) is 4. The van der Waals surface area contributed by atoms with E-state index in [1.165, 1.54) is 30.4 Å². The van der Waals surface area contributed by atoms with Crippen LogP contribution in [0.4, 0.5) is 5.13 Å². The number of para-hydroxylation sites is 1. The molecule has 0 radical (unpaired) electrons. The second kappa shape index (κ2) is 3.96. The number of benzene rings is 1. The zero-order valence-corrected chi connectivity index (χ0v) is 9.25. The smallest absolute Gasteiger partial charge is 0.249 e. The van der Waals surface area contributed by atoms with Crippen LogP contribution in [0.5, 0.6) is 0 Å². The summed E-state index contributed by atoms with van der Waals surface area (Å²) in [5.41, 5.74) is 0.876. The van der Waals surface area contributed by atoms with E-state index < -0.39 is 0 Å². The van der Waals surface area contributed by atoms with Gasteiger partial charge in [-0.05, 0) is 12.1 Å². The minimum absolute atomic E-state index is 0.184. The molecule has 1 heterocycles. The lowest BCUT2D eigenvalue weighted by atomic mass is 10.3. The van der Waals surface area contributed by atoms with E-state index in [4.69, 9.17) is 4.84 Å². The Balaban J connectivity index is 2.47. The lowest BCUT2D eigenvalue weighted by Crippen LogP contribution is -2.26. The average Bonchev–Trinajstić information content (AvgIpc) is 2.61. The molecule has 2 rings (SSSR count). The monoisotopic (exact) mass is 222 g/mol. The fraction of sp³-hybridized carbons (Fsp3) is 0.200. The maximum atomic E-state index is 11.2. The largest absolute Gasteiger partial charge is 0.272 e. The summed E-state index contributed by atoms with van der Waals surface area (Å²) in [4.78, 5) is 20.5. The van der Waals surface area contributed by atoms with Gasteiger partial charge in [0.1, 0.15) is 0 Å². The maximum Gasteiger partial charge on any atom is 0.249 e. The number of anilines is 1. The Morgan fingerprint density at radius 3 is 2.80 bits per heavy atom. The Bertz CT molecular complexity index is 462. The van der Waals surface area contributed by atoms with Gasteiger partial charge in [0.25, 0.3) is 0 Å². The van der Waals surface area contributed by atoms with Gasteiger partial charge in [-0.3, -0.25) is 9.63 Å². The highest BCUT2D eigenvalue weighted by Crippen LogP contribution is 2.28. The molecule has 1 amide bonds. The number of nitrogens with zero attached hydrogens (tertiary/aromatic N) is 2. The van der Waals surface area contributed by atoms with Gasteiger partial charge in [0, 0.05) is 6.92 Å². The van der Waals surface area contributed by atoms with E-state index in [1.807, 2.05) is 24.3 Å². The van der Waals surface area contributed by atoms with Gasteiger partial charge < -0.3 is 0 Å². The van der Waals surface area contributed by atoms with E-state index in [9.17, 15) is 4.79 Å². The van der Waals surface area contributed by atoms with Gasteiger partial charge in [0.15, 0.2) is 0 Å². The van der Waals surface area contributed by atoms with Gasteiger partial charge >= 0.3 is 0 Å². The van der Waals surface area contributed by atoms with Crippen LogP contribution in [0.2, 0.25) is 0 Å². The number of carbonyl (C=O) groups excluding carboxylic acids is 1. The summed E-state index contributed by atoms with van der Waals surface area (Å²) in [5.74, 6) is -0.184. The molecule has 0 fully saturated rings. The highest BCUT2D eigenvalue weighted by atomic mass is 32.1. The van der Waals surface area contributed by atoms with Crippen molar-refractivity contribution in [3.05, 3.63) is 24.3 Å². The highest BCUT2D eigenvalue weighted by Gasteiger charge is 2.15. The SMILES string of the molecule is CON(C(C)=O)c1nc2ccccc2s1. The number of hydrogen-bond donors (Lipinski definition) is 0. The van der Waals surface area contributed by atoms with Crippen molar-refractivity contribution in [1.29, 1.82) is 0 Å². The fourth-order valence-corrected chi connectivity index (χ4v) is 2.28. The Morgan fingerprint density at radius 1 is 1.47 bits per heavy atom. The normalized spacial score (nSPS) is 10.5. The topological polar surface area (TPSA) is 42.4 Å². The van der Waals surface area contributed by atoms with Crippen LogP contribution in [-0.4, -0.2) is 18.0 Å². The second-order valence-electron chi connectivity index (χ2n) is 2.96. The molecular weight excluding hydrogens is 212 g/mol. The number of carbonyl (C=O) groups is 1. The molecule has 0 spiro atoms. The van der Waals surface area contributed by atoms with Crippen LogP contribution in [0.25, 0.3) is 10.2 Å². The number of rotatable bonds is 2. The quantitative estimate of drug-likeness (QED) is 0.732. The molecule has 0 saturated carbocycles. The number of fused-ring (bicyclic) bond motifs is 1. The van der Waals surface area contributed by atoms with Crippen LogP contribution in [0.1, 0.15) is 6.92 Å². The summed E-state index contributed by atoms with van der Waals surface area (Å²) >= 11 is 1.43. The van der Waals surface area contributed by atoms with E-state index in [0.29, 0.717) is 5.13 Å². The van der Waals surface area contributed by atoms with E-state index in [0.717, 1.165) is 10.2 Å². The van der Waals surface area contributed by atoms with Crippen molar-refractivity contribution in [2.24, 2.45) is 0 Å².